The Labute approximate surface area is 135 Å². The summed E-state index contributed by atoms with van der Waals surface area (Å²) in [6, 6.07) is 10.5. The van der Waals surface area contributed by atoms with Crippen molar-refractivity contribution in [1.29, 1.82) is 0 Å². The summed E-state index contributed by atoms with van der Waals surface area (Å²) in [6.07, 6.45) is -4.55. The molecule has 0 unspecified atom stereocenters. The number of methoxy groups -OCH3 is 1. The maximum absolute atomic E-state index is 12.9. The van der Waals surface area contributed by atoms with E-state index < -0.39 is 30.3 Å². The van der Waals surface area contributed by atoms with Gasteiger partial charge in [0.1, 0.15) is 6.61 Å². The highest BCUT2D eigenvalue weighted by Gasteiger charge is 2.33. The van der Waals surface area contributed by atoms with Crippen molar-refractivity contribution in [1.82, 2.24) is 0 Å². The number of esters is 2. The second-order valence-electron chi connectivity index (χ2n) is 4.77. The standard InChI is InChI=1S/C17H13F3O4/c1-23-15(21)12-7-3-4-8-13(12)16(22)24-10-11-6-2-5-9-14(11)17(18,19)20/h2-9H,10H2,1H3. The normalized spacial score (nSPS) is 11.0. The predicted molar refractivity (Wildman–Crippen MR) is 78.3 cm³/mol. The van der Waals surface area contributed by atoms with E-state index in [4.69, 9.17) is 4.74 Å². The van der Waals surface area contributed by atoms with Crippen molar-refractivity contribution < 1.29 is 32.2 Å². The maximum Gasteiger partial charge on any atom is 0.416 e. The number of ether oxygens (including phenoxy) is 2. The fraction of sp³-hybridized carbons (Fsp3) is 0.176. The minimum absolute atomic E-state index is 0.0193. The first kappa shape index (κ1) is 17.5. The molecule has 2 aromatic rings. The third kappa shape index (κ3) is 3.92. The van der Waals surface area contributed by atoms with Gasteiger partial charge in [-0.25, -0.2) is 9.59 Å². The minimum Gasteiger partial charge on any atom is -0.465 e. The quantitative estimate of drug-likeness (QED) is 0.795. The largest absolute Gasteiger partial charge is 0.465 e. The number of hydrogen-bond acceptors (Lipinski definition) is 4. The molecule has 0 bridgehead atoms. The topological polar surface area (TPSA) is 52.6 Å². The Morgan fingerprint density at radius 1 is 0.917 bits per heavy atom. The Morgan fingerprint density at radius 2 is 1.46 bits per heavy atom. The zero-order chi connectivity index (χ0) is 17.7. The molecule has 2 aromatic carbocycles. The van der Waals surface area contributed by atoms with Crippen LogP contribution in [0.5, 0.6) is 0 Å². The average Bonchev–Trinajstić information content (AvgIpc) is 2.58. The molecular weight excluding hydrogens is 325 g/mol. The zero-order valence-corrected chi connectivity index (χ0v) is 12.6. The van der Waals surface area contributed by atoms with Gasteiger partial charge in [0.05, 0.1) is 23.8 Å². The highest BCUT2D eigenvalue weighted by Crippen LogP contribution is 2.32. The van der Waals surface area contributed by atoms with Gasteiger partial charge in [-0.1, -0.05) is 30.3 Å². The third-order valence-corrected chi connectivity index (χ3v) is 3.23. The zero-order valence-electron chi connectivity index (χ0n) is 12.6. The molecule has 0 aromatic heterocycles. The molecule has 0 radical (unpaired) electrons. The fourth-order valence-corrected chi connectivity index (χ4v) is 2.09. The summed E-state index contributed by atoms with van der Waals surface area (Å²) in [5.41, 5.74) is -1.14. The van der Waals surface area contributed by atoms with Crippen molar-refractivity contribution in [2.75, 3.05) is 7.11 Å². The van der Waals surface area contributed by atoms with Gasteiger partial charge in [0.25, 0.3) is 0 Å². The molecule has 2 rings (SSSR count). The van der Waals surface area contributed by atoms with Crippen LogP contribution >= 0.6 is 0 Å². The summed E-state index contributed by atoms with van der Waals surface area (Å²) in [6.45, 7) is -0.565. The van der Waals surface area contributed by atoms with Gasteiger partial charge in [0.2, 0.25) is 0 Å². The van der Waals surface area contributed by atoms with Gasteiger partial charge >= 0.3 is 18.1 Å². The third-order valence-electron chi connectivity index (χ3n) is 3.23. The highest BCUT2D eigenvalue weighted by atomic mass is 19.4. The lowest BCUT2D eigenvalue weighted by molar-refractivity contribution is -0.138. The summed E-state index contributed by atoms with van der Waals surface area (Å²) >= 11 is 0. The van der Waals surface area contributed by atoms with E-state index in [-0.39, 0.29) is 16.7 Å². The van der Waals surface area contributed by atoms with E-state index in [9.17, 15) is 22.8 Å². The van der Waals surface area contributed by atoms with Crippen molar-refractivity contribution in [3.63, 3.8) is 0 Å². The molecule has 0 atom stereocenters. The number of carbonyl (C=O) groups excluding carboxylic acids is 2. The molecule has 7 heteroatoms. The molecule has 126 valence electrons. The summed E-state index contributed by atoms with van der Waals surface area (Å²) in [7, 11) is 1.16. The van der Waals surface area contributed by atoms with Crippen LogP contribution in [0.3, 0.4) is 0 Å². The van der Waals surface area contributed by atoms with Gasteiger partial charge in [0.15, 0.2) is 0 Å². The van der Waals surface area contributed by atoms with Gasteiger partial charge in [-0.15, -0.1) is 0 Å². The Balaban J connectivity index is 2.20. The van der Waals surface area contributed by atoms with Gasteiger partial charge in [0, 0.05) is 5.56 Å². The van der Waals surface area contributed by atoms with Crippen molar-refractivity contribution in [3.8, 4) is 0 Å². The molecule has 0 spiro atoms. The number of rotatable bonds is 4. The number of hydrogen-bond donors (Lipinski definition) is 0. The van der Waals surface area contributed by atoms with E-state index in [1.807, 2.05) is 0 Å². The SMILES string of the molecule is COC(=O)c1ccccc1C(=O)OCc1ccccc1C(F)(F)F. The van der Waals surface area contributed by atoms with Crippen LogP contribution in [0, 0.1) is 0 Å². The Kier molecular flexibility index (Phi) is 5.23. The average molecular weight is 338 g/mol. The molecule has 24 heavy (non-hydrogen) atoms. The Hall–Kier alpha value is -2.83. The van der Waals surface area contributed by atoms with Gasteiger partial charge in [-0.05, 0) is 18.2 Å². The van der Waals surface area contributed by atoms with Crippen LogP contribution < -0.4 is 0 Å². The van der Waals surface area contributed by atoms with Crippen molar-refractivity contribution >= 4 is 11.9 Å². The number of alkyl halides is 3. The Morgan fingerprint density at radius 3 is 2.04 bits per heavy atom. The molecular formula is C17H13F3O4. The van der Waals surface area contributed by atoms with Crippen LogP contribution in [0.25, 0.3) is 0 Å². The first-order valence-corrected chi connectivity index (χ1v) is 6.84. The van der Waals surface area contributed by atoms with Crippen molar-refractivity contribution in [2.45, 2.75) is 12.8 Å². The monoisotopic (exact) mass is 338 g/mol. The fourth-order valence-electron chi connectivity index (χ4n) is 2.09. The molecule has 0 N–H and O–H groups in total. The second-order valence-corrected chi connectivity index (χ2v) is 4.77. The predicted octanol–water partition coefficient (Wildman–Crippen LogP) is 3.85. The van der Waals surface area contributed by atoms with Crippen molar-refractivity contribution in [2.24, 2.45) is 0 Å². The first-order chi connectivity index (χ1) is 11.3. The number of benzene rings is 2. The van der Waals surface area contributed by atoms with Crippen LogP contribution in [0.2, 0.25) is 0 Å². The van der Waals surface area contributed by atoms with Gasteiger partial charge < -0.3 is 9.47 Å². The van der Waals surface area contributed by atoms with Crippen LogP contribution in [0.4, 0.5) is 13.2 Å². The van der Waals surface area contributed by atoms with E-state index in [2.05, 4.69) is 4.74 Å². The van der Waals surface area contributed by atoms with Crippen molar-refractivity contribution in [3.05, 3.63) is 70.8 Å². The first-order valence-electron chi connectivity index (χ1n) is 6.84. The van der Waals surface area contributed by atoms with E-state index in [1.165, 1.54) is 42.5 Å². The van der Waals surface area contributed by atoms with E-state index in [1.54, 1.807) is 0 Å². The molecule has 0 amide bonds. The number of carbonyl (C=O) groups is 2. The molecule has 0 aliphatic heterocycles. The minimum atomic E-state index is -4.55. The molecule has 0 aliphatic carbocycles. The molecule has 0 heterocycles. The van der Waals surface area contributed by atoms with E-state index in [0.29, 0.717) is 0 Å². The molecule has 0 saturated heterocycles. The van der Waals surface area contributed by atoms with E-state index >= 15 is 0 Å². The lowest BCUT2D eigenvalue weighted by Crippen LogP contribution is -2.15. The Bertz CT molecular complexity index is 753. The summed E-state index contributed by atoms with van der Waals surface area (Å²) < 4.78 is 48.2. The summed E-state index contributed by atoms with van der Waals surface area (Å²) in [5, 5.41) is 0. The van der Waals surface area contributed by atoms with Crippen LogP contribution in [-0.4, -0.2) is 19.0 Å². The second kappa shape index (κ2) is 7.16. The summed E-state index contributed by atoms with van der Waals surface area (Å²) in [5.74, 6) is -1.65. The number of halogens is 3. The molecule has 0 saturated carbocycles. The van der Waals surface area contributed by atoms with Crippen LogP contribution in [0.15, 0.2) is 48.5 Å². The molecule has 0 aliphatic rings. The van der Waals surface area contributed by atoms with Crippen LogP contribution in [-0.2, 0) is 22.3 Å². The lowest BCUT2D eigenvalue weighted by atomic mass is 10.1. The van der Waals surface area contributed by atoms with E-state index in [0.717, 1.165) is 13.2 Å². The van der Waals surface area contributed by atoms with Crippen LogP contribution in [0.1, 0.15) is 31.8 Å². The molecule has 0 fully saturated rings. The van der Waals surface area contributed by atoms with Gasteiger partial charge in [-0.2, -0.15) is 13.2 Å². The van der Waals surface area contributed by atoms with Gasteiger partial charge in [-0.3, -0.25) is 0 Å². The molecule has 4 nitrogen and oxygen atoms in total. The lowest BCUT2D eigenvalue weighted by Gasteiger charge is -2.13. The highest BCUT2D eigenvalue weighted by molar-refractivity contribution is 6.03. The smallest absolute Gasteiger partial charge is 0.416 e. The maximum atomic E-state index is 12.9. The summed E-state index contributed by atoms with van der Waals surface area (Å²) in [4.78, 5) is 23.7.